The molecule has 2 aromatic rings. The van der Waals surface area contributed by atoms with Crippen LogP contribution in [0.15, 0.2) is 60.7 Å². The third kappa shape index (κ3) is 3.99. The summed E-state index contributed by atoms with van der Waals surface area (Å²) in [6, 6.07) is 20.5. The molecule has 0 aliphatic carbocycles. The number of piperidine rings is 3. The van der Waals surface area contributed by atoms with Crippen molar-refractivity contribution in [1.82, 2.24) is 4.90 Å². The minimum atomic E-state index is -0.188. The van der Waals surface area contributed by atoms with E-state index in [1.807, 2.05) is 36.4 Å². The fourth-order valence-corrected chi connectivity index (χ4v) is 4.34. The second-order valence-corrected chi connectivity index (χ2v) is 7.60. The summed E-state index contributed by atoms with van der Waals surface area (Å²) < 4.78 is 6.05. The Morgan fingerprint density at radius 2 is 1.65 bits per heavy atom. The average molecular weight is 349 g/mol. The molecule has 3 heterocycles. The van der Waals surface area contributed by atoms with Crippen LogP contribution in [0.2, 0.25) is 0 Å². The quantitative estimate of drug-likeness (QED) is 0.737. The highest BCUT2D eigenvalue weighted by atomic mass is 16.5. The first-order valence-corrected chi connectivity index (χ1v) is 9.81. The van der Waals surface area contributed by atoms with Crippen LogP contribution in [0.5, 0.6) is 0 Å². The Morgan fingerprint density at radius 1 is 1.00 bits per heavy atom. The van der Waals surface area contributed by atoms with Crippen LogP contribution < -0.4 is 0 Å². The molecule has 3 aliphatic rings. The van der Waals surface area contributed by atoms with Crippen LogP contribution in [0.4, 0.5) is 0 Å². The summed E-state index contributed by atoms with van der Waals surface area (Å²) in [4.78, 5) is 15.5. The number of carbonyl (C=O) groups excluding carboxylic acids is 1. The van der Waals surface area contributed by atoms with Crippen molar-refractivity contribution in [3.8, 4) is 0 Å². The van der Waals surface area contributed by atoms with E-state index in [0.717, 1.165) is 50.9 Å². The molecule has 0 N–H and O–H groups in total. The number of benzene rings is 2. The van der Waals surface area contributed by atoms with Gasteiger partial charge in [-0.3, -0.25) is 9.69 Å². The van der Waals surface area contributed by atoms with E-state index in [9.17, 15) is 4.79 Å². The maximum Gasteiger partial charge on any atom is 0.313 e. The molecule has 3 heteroatoms. The summed E-state index contributed by atoms with van der Waals surface area (Å²) in [7, 11) is 0. The van der Waals surface area contributed by atoms with Crippen molar-refractivity contribution < 1.29 is 9.53 Å². The lowest BCUT2D eigenvalue weighted by molar-refractivity contribution is -0.160. The van der Waals surface area contributed by atoms with Gasteiger partial charge in [0.2, 0.25) is 0 Å². The van der Waals surface area contributed by atoms with E-state index in [1.54, 1.807) is 0 Å². The fourth-order valence-electron chi connectivity index (χ4n) is 4.34. The molecule has 3 nitrogen and oxygen atoms in total. The number of ether oxygens (including phenoxy) is 1. The molecule has 136 valence electrons. The van der Waals surface area contributed by atoms with Crippen molar-refractivity contribution in [3.05, 3.63) is 71.8 Å². The van der Waals surface area contributed by atoms with E-state index in [-0.39, 0.29) is 18.0 Å². The van der Waals surface area contributed by atoms with Crippen molar-refractivity contribution in [2.75, 3.05) is 19.6 Å². The number of hydrogen-bond acceptors (Lipinski definition) is 3. The smallest absolute Gasteiger partial charge is 0.313 e. The average Bonchev–Trinajstić information content (AvgIpc) is 2.71. The van der Waals surface area contributed by atoms with E-state index in [4.69, 9.17) is 4.74 Å². The normalized spacial score (nSPS) is 25.6. The van der Waals surface area contributed by atoms with Gasteiger partial charge in [0.15, 0.2) is 0 Å². The molecule has 3 saturated heterocycles. The molecule has 2 atom stereocenters. The van der Waals surface area contributed by atoms with Crippen LogP contribution >= 0.6 is 0 Å². The van der Waals surface area contributed by atoms with Crippen LogP contribution in [0.1, 0.15) is 36.3 Å². The first-order chi connectivity index (χ1) is 12.8. The summed E-state index contributed by atoms with van der Waals surface area (Å²) in [5.41, 5.74) is 2.33. The Labute approximate surface area is 156 Å². The molecule has 2 unspecified atom stereocenters. The number of carbonyl (C=O) groups is 1. The van der Waals surface area contributed by atoms with E-state index < -0.39 is 0 Å². The molecule has 0 amide bonds. The molecule has 3 fully saturated rings. The van der Waals surface area contributed by atoms with Crippen molar-refractivity contribution >= 4 is 5.97 Å². The van der Waals surface area contributed by atoms with Gasteiger partial charge in [-0.1, -0.05) is 60.7 Å². The van der Waals surface area contributed by atoms with Crippen molar-refractivity contribution in [3.63, 3.8) is 0 Å². The second kappa shape index (κ2) is 8.05. The van der Waals surface area contributed by atoms with E-state index >= 15 is 0 Å². The molecule has 0 spiro atoms. The molecule has 3 aliphatic heterocycles. The number of hydrogen-bond donors (Lipinski definition) is 0. The topological polar surface area (TPSA) is 29.5 Å². The summed E-state index contributed by atoms with van der Waals surface area (Å²) in [5, 5.41) is 0. The van der Waals surface area contributed by atoms with Crippen LogP contribution in [-0.2, 0) is 16.0 Å². The lowest BCUT2D eigenvalue weighted by Crippen LogP contribution is -2.52. The molecule has 2 bridgehead atoms. The highest BCUT2D eigenvalue weighted by molar-refractivity contribution is 5.78. The van der Waals surface area contributed by atoms with Crippen LogP contribution in [0.25, 0.3) is 0 Å². The predicted octanol–water partition coefficient (Wildman–Crippen LogP) is 4.04. The standard InChI is InChI=1S/C23H27NO2/c25-23(26-22-17-24-15-13-20(22)14-16-24)21(19-9-5-2-6-10-19)12-11-18-7-3-1-4-8-18/h1-10,20-22H,11-17H2. The number of rotatable bonds is 6. The summed E-state index contributed by atoms with van der Waals surface area (Å²) in [5.74, 6) is 0.312. The zero-order valence-electron chi connectivity index (χ0n) is 15.2. The Morgan fingerprint density at radius 3 is 2.27 bits per heavy atom. The van der Waals surface area contributed by atoms with Gasteiger partial charge in [0.25, 0.3) is 0 Å². The number of nitrogens with zero attached hydrogens (tertiary/aromatic N) is 1. The maximum atomic E-state index is 13.1. The number of esters is 1. The second-order valence-electron chi connectivity index (χ2n) is 7.60. The van der Waals surface area contributed by atoms with Gasteiger partial charge >= 0.3 is 5.97 Å². The van der Waals surface area contributed by atoms with Gasteiger partial charge in [0.05, 0.1) is 5.92 Å². The Bertz CT molecular complexity index is 708. The highest BCUT2D eigenvalue weighted by Crippen LogP contribution is 2.32. The van der Waals surface area contributed by atoms with Gasteiger partial charge < -0.3 is 4.74 Å². The van der Waals surface area contributed by atoms with Gasteiger partial charge in [0.1, 0.15) is 6.10 Å². The summed E-state index contributed by atoms with van der Waals surface area (Å²) in [6.07, 6.45) is 4.08. The van der Waals surface area contributed by atoms with Gasteiger partial charge in [-0.05, 0) is 55.8 Å². The fraction of sp³-hybridized carbons (Fsp3) is 0.435. The Balaban J connectivity index is 1.46. The minimum absolute atomic E-state index is 0.0501. The monoisotopic (exact) mass is 349 g/mol. The molecule has 2 aromatic carbocycles. The molecule has 0 radical (unpaired) electrons. The first kappa shape index (κ1) is 17.3. The molecular formula is C23H27NO2. The Hall–Kier alpha value is -2.13. The molecular weight excluding hydrogens is 322 g/mol. The van der Waals surface area contributed by atoms with E-state index in [1.165, 1.54) is 5.56 Å². The summed E-state index contributed by atoms with van der Waals surface area (Å²) >= 11 is 0. The molecule has 26 heavy (non-hydrogen) atoms. The summed E-state index contributed by atoms with van der Waals surface area (Å²) in [6.45, 7) is 3.24. The van der Waals surface area contributed by atoms with Crippen LogP contribution in [0, 0.1) is 5.92 Å². The third-order valence-corrected chi connectivity index (χ3v) is 5.91. The van der Waals surface area contributed by atoms with Gasteiger partial charge in [-0.25, -0.2) is 0 Å². The lowest BCUT2D eigenvalue weighted by Gasteiger charge is -2.44. The SMILES string of the molecule is O=C(OC1CN2CCC1CC2)C(CCc1ccccc1)c1ccccc1. The molecule has 5 rings (SSSR count). The van der Waals surface area contributed by atoms with Gasteiger partial charge in [-0.2, -0.15) is 0 Å². The Kier molecular flexibility index (Phi) is 5.35. The van der Waals surface area contributed by atoms with Crippen molar-refractivity contribution in [2.24, 2.45) is 5.92 Å². The van der Waals surface area contributed by atoms with Crippen LogP contribution in [0.3, 0.4) is 0 Å². The van der Waals surface area contributed by atoms with E-state index in [2.05, 4.69) is 29.2 Å². The van der Waals surface area contributed by atoms with Gasteiger partial charge in [0, 0.05) is 6.54 Å². The van der Waals surface area contributed by atoms with Crippen LogP contribution in [-0.4, -0.2) is 36.6 Å². The highest BCUT2D eigenvalue weighted by Gasteiger charge is 2.37. The zero-order valence-corrected chi connectivity index (χ0v) is 15.2. The molecule has 0 aromatic heterocycles. The molecule has 0 saturated carbocycles. The van der Waals surface area contributed by atoms with Crippen molar-refractivity contribution in [2.45, 2.75) is 37.7 Å². The largest absolute Gasteiger partial charge is 0.460 e. The van der Waals surface area contributed by atoms with Gasteiger partial charge in [-0.15, -0.1) is 0 Å². The first-order valence-electron chi connectivity index (χ1n) is 9.81. The zero-order chi connectivity index (χ0) is 17.8. The number of fused-ring (bicyclic) bond motifs is 3. The third-order valence-electron chi connectivity index (χ3n) is 5.91. The predicted molar refractivity (Wildman–Crippen MR) is 103 cm³/mol. The minimum Gasteiger partial charge on any atom is -0.460 e. The lowest BCUT2D eigenvalue weighted by atomic mass is 9.85. The van der Waals surface area contributed by atoms with E-state index in [0.29, 0.717) is 5.92 Å². The maximum absolute atomic E-state index is 13.1. The van der Waals surface area contributed by atoms with Crippen molar-refractivity contribution in [1.29, 1.82) is 0 Å². The number of aryl methyl sites for hydroxylation is 1.